The average Bonchev–Trinajstić information content (AvgIpc) is 3.20. The van der Waals surface area contributed by atoms with Crippen LogP contribution in [-0.4, -0.2) is 10.7 Å². The van der Waals surface area contributed by atoms with Crippen LogP contribution in [0.5, 0.6) is 11.5 Å². The van der Waals surface area contributed by atoms with Gasteiger partial charge in [0.1, 0.15) is 6.07 Å². The van der Waals surface area contributed by atoms with Gasteiger partial charge in [-0.3, -0.25) is 10.1 Å². The Morgan fingerprint density at radius 3 is 2.60 bits per heavy atom. The van der Waals surface area contributed by atoms with Crippen molar-refractivity contribution < 1.29 is 14.4 Å². The zero-order valence-corrected chi connectivity index (χ0v) is 13.3. The van der Waals surface area contributed by atoms with Crippen LogP contribution in [-0.2, 0) is 0 Å². The Bertz CT molecular complexity index is 898. The maximum Gasteiger partial charge on any atom is 0.270 e. The average molecular weight is 337 g/mol. The van der Waals surface area contributed by atoms with Crippen molar-refractivity contribution in [1.82, 2.24) is 0 Å². The Kier molecular flexibility index (Phi) is 3.46. The van der Waals surface area contributed by atoms with E-state index >= 15 is 0 Å². The lowest BCUT2D eigenvalue weighted by molar-refractivity contribution is -0.384. The Labute approximate surface area is 143 Å². The van der Waals surface area contributed by atoms with E-state index in [4.69, 9.17) is 9.47 Å². The van der Waals surface area contributed by atoms with E-state index in [0.717, 1.165) is 37.1 Å². The molecule has 0 saturated heterocycles. The Balaban J connectivity index is 1.59. The van der Waals surface area contributed by atoms with Crippen LogP contribution in [0.1, 0.15) is 31.2 Å². The smallest absolute Gasteiger partial charge is 0.270 e. The van der Waals surface area contributed by atoms with Crippen LogP contribution in [0.15, 0.2) is 36.4 Å². The van der Waals surface area contributed by atoms with Gasteiger partial charge < -0.3 is 14.8 Å². The zero-order chi connectivity index (χ0) is 17.4. The normalized spacial score (nSPS) is 16.6. The van der Waals surface area contributed by atoms with Crippen LogP contribution in [0.3, 0.4) is 0 Å². The largest absolute Gasteiger partial charge is 0.448 e. The van der Waals surface area contributed by atoms with Gasteiger partial charge >= 0.3 is 0 Å². The van der Waals surface area contributed by atoms with E-state index in [9.17, 15) is 15.4 Å². The van der Waals surface area contributed by atoms with Gasteiger partial charge in [0.2, 0.25) is 0 Å². The minimum Gasteiger partial charge on any atom is -0.448 e. The van der Waals surface area contributed by atoms with E-state index in [-0.39, 0.29) is 11.3 Å². The summed E-state index contributed by atoms with van der Waals surface area (Å²) in [5, 5.41) is 23.2. The number of nitro groups is 1. The van der Waals surface area contributed by atoms with Gasteiger partial charge in [0, 0.05) is 36.7 Å². The first-order valence-electron chi connectivity index (χ1n) is 8.06. The molecule has 2 aliphatic rings. The number of hydrogen-bond donors (Lipinski definition) is 1. The van der Waals surface area contributed by atoms with Crippen molar-refractivity contribution in [2.24, 2.45) is 0 Å². The Hall–Kier alpha value is -3.27. The maximum absolute atomic E-state index is 10.8. The van der Waals surface area contributed by atoms with E-state index in [1.54, 1.807) is 0 Å². The van der Waals surface area contributed by atoms with Crippen LogP contribution in [0.2, 0.25) is 0 Å². The highest BCUT2D eigenvalue weighted by Gasteiger charge is 2.44. The summed E-state index contributed by atoms with van der Waals surface area (Å²) >= 11 is 0. The highest BCUT2D eigenvalue weighted by Crippen LogP contribution is 2.47. The lowest BCUT2D eigenvalue weighted by atomic mass is 10.1. The summed E-state index contributed by atoms with van der Waals surface area (Å²) in [5.74, 6) is 0.871. The molecule has 7 nitrogen and oxygen atoms in total. The number of ether oxygens (including phenoxy) is 2. The second-order valence-corrected chi connectivity index (χ2v) is 6.21. The molecule has 0 bridgehead atoms. The summed E-state index contributed by atoms with van der Waals surface area (Å²) in [7, 11) is 0. The van der Waals surface area contributed by atoms with Gasteiger partial charge in [-0.05, 0) is 31.0 Å². The van der Waals surface area contributed by atoms with Crippen molar-refractivity contribution in [1.29, 1.82) is 5.26 Å². The standard InChI is InChI=1S/C18H15N3O4/c19-11-12-9-14(21(22)23)4-5-15(12)20-13-3-6-16-17(10-13)25-18(24-16)7-1-2-8-18/h3-6,9-10,20H,1-2,7-8H2. The van der Waals surface area contributed by atoms with Crippen molar-refractivity contribution in [2.75, 3.05) is 5.32 Å². The SMILES string of the molecule is N#Cc1cc([N+](=O)[O-])ccc1Nc1ccc2c(c1)OC1(CCCC1)O2. The zero-order valence-electron chi connectivity index (χ0n) is 13.3. The number of benzene rings is 2. The van der Waals surface area contributed by atoms with Gasteiger partial charge in [-0.25, -0.2) is 0 Å². The number of nitro benzene ring substituents is 1. The lowest BCUT2D eigenvalue weighted by Gasteiger charge is -2.21. The third kappa shape index (κ3) is 2.72. The van der Waals surface area contributed by atoms with Crippen molar-refractivity contribution in [3.8, 4) is 17.6 Å². The second kappa shape index (κ2) is 5.67. The molecule has 1 spiro atoms. The molecule has 0 radical (unpaired) electrons. The fourth-order valence-electron chi connectivity index (χ4n) is 3.29. The molecule has 0 atom stereocenters. The minimum absolute atomic E-state index is 0.115. The monoisotopic (exact) mass is 337 g/mol. The van der Waals surface area contributed by atoms with Gasteiger partial charge in [-0.1, -0.05) is 0 Å². The van der Waals surface area contributed by atoms with Crippen LogP contribution in [0.4, 0.5) is 17.1 Å². The van der Waals surface area contributed by atoms with Gasteiger partial charge in [0.15, 0.2) is 11.5 Å². The van der Waals surface area contributed by atoms with Gasteiger partial charge in [0.05, 0.1) is 16.2 Å². The van der Waals surface area contributed by atoms with Gasteiger partial charge in [0.25, 0.3) is 11.5 Å². The van der Waals surface area contributed by atoms with Crippen molar-refractivity contribution in [3.05, 3.63) is 52.1 Å². The molecule has 0 aromatic heterocycles. The second-order valence-electron chi connectivity index (χ2n) is 6.21. The molecule has 1 aliphatic heterocycles. The van der Waals surface area contributed by atoms with Crippen molar-refractivity contribution in [3.63, 3.8) is 0 Å². The molecule has 1 N–H and O–H groups in total. The molecule has 2 aromatic carbocycles. The van der Waals surface area contributed by atoms with Crippen molar-refractivity contribution in [2.45, 2.75) is 31.5 Å². The predicted molar refractivity (Wildman–Crippen MR) is 90.0 cm³/mol. The summed E-state index contributed by atoms with van der Waals surface area (Å²) in [4.78, 5) is 10.3. The van der Waals surface area contributed by atoms with Crippen LogP contribution >= 0.6 is 0 Å². The van der Waals surface area contributed by atoms with Crippen LogP contribution in [0.25, 0.3) is 0 Å². The minimum atomic E-state index is -0.522. The maximum atomic E-state index is 10.8. The third-order valence-corrected chi connectivity index (χ3v) is 4.51. The third-order valence-electron chi connectivity index (χ3n) is 4.51. The van der Waals surface area contributed by atoms with E-state index in [2.05, 4.69) is 5.32 Å². The molecule has 7 heteroatoms. The Morgan fingerprint density at radius 1 is 1.12 bits per heavy atom. The molecule has 25 heavy (non-hydrogen) atoms. The number of nitrogens with zero attached hydrogens (tertiary/aromatic N) is 2. The molecule has 0 amide bonds. The number of rotatable bonds is 3. The fraction of sp³-hybridized carbons (Fsp3) is 0.278. The summed E-state index contributed by atoms with van der Waals surface area (Å²) in [5.41, 5.74) is 1.32. The number of hydrogen-bond acceptors (Lipinski definition) is 6. The summed E-state index contributed by atoms with van der Waals surface area (Å²) in [6.45, 7) is 0. The molecule has 2 aromatic rings. The molecule has 1 aliphatic carbocycles. The first kappa shape index (κ1) is 15.3. The first-order chi connectivity index (χ1) is 12.1. The van der Waals surface area contributed by atoms with E-state index in [0.29, 0.717) is 11.4 Å². The topological polar surface area (TPSA) is 97.4 Å². The molecular formula is C18H15N3O4. The summed E-state index contributed by atoms with van der Waals surface area (Å²) < 4.78 is 12.0. The summed E-state index contributed by atoms with van der Waals surface area (Å²) in [6, 6.07) is 11.6. The first-order valence-corrected chi connectivity index (χ1v) is 8.06. The van der Waals surface area contributed by atoms with Crippen molar-refractivity contribution >= 4 is 17.1 Å². The molecule has 0 unspecified atom stereocenters. The molecule has 1 saturated carbocycles. The van der Waals surface area contributed by atoms with Crippen LogP contribution in [0, 0.1) is 21.4 Å². The molecule has 1 fully saturated rings. The molecule has 1 heterocycles. The number of fused-ring (bicyclic) bond motifs is 1. The molecule has 126 valence electrons. The lowest BCUT2D eigenvalue weighted by Crippen LogP contribution is -2.34. The van der Waals surface area contributed by atoms with E-state index in [1.807, 2.05) is 24.3 Å². The number of nitriles is 1. The highest BCUT2D eigenvalue weighted by molar-refractivity contribution is 5.70. The number of non-ortho nitro benzene ring substituents is 1. The molecule has 4 rings (SSSR count). The van der Waals surface area contributed by atoms with Gasteiger partial charge in [-0.2, -0.15) is 5.26 Å². The highest BCUT2D eigenvalue weighted by atomic mass is 16.7. The molecular weight excluding hydrogens is 322 g/mol. The summed E-state index contributed by atoms with van der Waals surface area (Å²) in [6.07, 6.45) is 3.94. The van der Waals surface area contributed by atoms with Gasteiger partial charge in [-0.15, -0.1) is 0 Å². The van der Waals surface area contributed by atoms with E-state index in [1.165, 1.54) is 18.2 Å². The predicted octanol–water partition coefficient (Wildman–Crippen LogP) is 4.25. The fourth-order valence-corrected chi connectivity index (χ4v) is 3.29. The quantitative estimate of drug-likeness (QED) is 0.664. The number of nitrogens with one attached hydrogen (secondary N) is 1. The van der Waals surface area contributed by atoms with E-state index < -0.39 is 10.7 Å². The Morgan fingerprint density at radius 2 is 1.88 bits per heavy atom. The van der Waals surface area contributed by atoms with Crippen LogP contribution < -0.4 is 14.8 Å². The number of anilines is 2.